The highest BCUT2D eigenvalue weighted by Crippen LogP contribution is 2.26. The molecule has 0 saturated heterocycles. The molecule has 0 fully saturated rings. The van der Waals surface area contributed by atoms with Crippen molar-refractivity contribution in [3.05, 3.63) is 55.8 Å². The molecular weight excluding hydrogens is 278 g/mol. The van der Waals surface area contributed by atoms with Crippen LogP contribution in [0.4, 0.5) is 11.4 Å². The molecule has 6 nitrogen and oxygen atoms in total. The van der Waals surface area contributed by atoms with E-state index in [1.165, 1.54) is 17.4 Å². The van der Waals surface area contributed by atoms with Crippen LogP contribution in [-0.4, -0.2) is 10.8 Å². The molecule has 20 heavy (non-hydrogen) atoms. The van der Waals surface area contributed by atoms with E-state index in [9.17, 15) is 14.9 Å². The molecule has 1 aromatic heterocycles. The van der Waals surface area contributed by atoms with Gasteiger partial charge in [0, 0.05) is 22.9 Å². The van der Waals surface area contributed by atoms with E-state index in [1.54, 1.807) is 23.6 Å². The Morgan fingerprint density at radius 3 is 2.80 bits per heavy atom. The Balaban J connectivity index is 2.15. The van der Waals surface area contributed by atoms with Gasteiger partial charge in [0.05, 0.1) is 10.5 Å². The summed E-state index contributed by atoms with van der Waals surface area (Å²) >= 11 is 1.38. The number of primary amides is 1. The Kier molecular flexibility index (Phi) is 3.99. The molecule has 3 N–H and O–H groups in total. The number of nitro benzene ring substituents is 1. The van der Waals surface area contributed by atoms with Gasteiger partial charge < -0.3 is 11.1 Å². The third-order valence-electron chi connectivity index (χ3n) is 2.74. The molecule has 0 aliphatic carbocycles. The second-order valence-electron chi connectivity index (χ2n) is 4.30. The van der Waals surface area contributed by atoms with Crippen molar-refractivity contribution in [3.63, 3.8) is 0 Å². The van der Waals surface area contributed by atoms with Crippen LogP contribution in [0.3, 0.4) is 0 Å². The van der Waals surface area contributed by atoms with Crippen LogP contribution in [-0.2, 0) is 6.54 Å². The molecule has 0 saturated carbocycles. The molecule has 0 bridgehead atoms. The minimum absolute atomic E-state index is 0.0299. The van der Waals surface area contributed by atoms with Gasteiger partial charge in [-0.05, 0) is 24.6 Å². The van der Waals surface area contributed by atoms with Crippen LogP contribution in [0.1, 0.15) is 20.8 Å². The number of aryl methyl sites for hydroxylation is 1. The number of rotatable bonds is 5. The molecule has 7 heteroatoms. The van der Waals surface area contributed by atoms with Gasteiger partial charge in [-0.15, -0.1) is 11.3 Å². The quantitative estimate of drug-likeness (QED) is 0.653. The monoisotopic (exact) mass is 291 g/mol. The van der Waals surface area contributed by atoms with E-state index >= 15 is 0 Å². The van der Waals surface area contributed by atoms with Crippen molar-refractivity contribution in [1.82, 2.24) is 0 Å². The number of nitrogens with zero attached hydrogens (tertiary/aromatic N) is 1. The summed E-state index contributed by atoms with van der Waals surface area (Å²) in [6.45, 7) is 2.27. The van der Waals surface area contributed by atoms with Crippen molar-refractivity contribution in [2.45, 2.75) is 13.5 Å². The highest BCUT2D eigenvalue weighted by molar-refractivity contribution is 7.10. The highest BCUT2D eigenvalue weighted by atomic mass is 32.1. The van der Waals surface area contributed by atoms with Crippen LogP contribution in [0.2, 0.25) is 0 Å². The summed E-state index contributed by atoms with van der Waals surface area (Å²) < 4.78 is 0. The number of hydrogen-bond acceptors (Lipinski definition) is 5. The first-order valence-electron chi connectivity index (χ1n) is 5.83. The van der Waals surface area contributed by atoms with Crippen LogP contribution in [0.15, 0.2) is 29.6 Å². The second kappa shape index (κ2) is 5.70. The van der Waals surface area contributed by atoms with E-state index in [0.717, 1.165) is 10.4 Å². The maximum atomic E-state index is 11.0. The fourth-order valence-electron chi connectivity index (χ4n) is 1.74. The lowest BCUT2D eigenvalue weighted by molar-refractivity contribution is -0.384. The minimum Gasteiger partial charge on any atom is -0.375 e. The van der Waals surface area contributed by atoms with Crippen molar-refractivity contribution < 1.29 is 9.72 Å². The zero-order chi connectivity index (χ0) is 14.7. The zero-order valence-corrected chi connectivity index (χ0v) is 11.6. The van der Waals surface area contributed by atoms with Crippen LogP contribution in [0, 0.1) is 17.0 Å². The van der Waals surface area contributed by atoms with Gasteiger partial charge in [0.25, 0.3) is 5.69 Å². The lowest BCUT2D eigenvalue weighted by Gasteiger charge is -2.06. The fourth-order valence-corrected chi connectivity index (χ4v) is 2.55. The summed E-state index contributed by atoms with van der Waals surface area (Å²) in [5, 5.41) is 15.6. The molecule has 2 aromatic rings. The lowest BCUT2D eigenvalue weighted by atomic mass is 10.2. The van der Waals surface area contributed by atoms with Gasteiger partial charge in [-0.25, -0.2) is 0 Å². The number of hydrogen-bond donors (Lipinski definition) is 2. The molecule has 0 aliphatic heterocycles. The van der Waals surface area contributed by atoms with Crippen LogP contribution < -0.4 is 11.1 Å². The molecule has 0 radical (unpaired) electrons. The summed E-state index contributed by atoms with van der Waals surface area (Å²) in [4.78, 5) is 22.4. The lowest BCUT2D eigenvalue weighted by Crippen LogP contribution is -2.09. The molecular formula is C13H13N3O3S. The highest BCUT2D eigenvalue weighted by Gasteiger charge is 2.13. The smallest absolute Gasteiger partial charge is 0.292 e. The Bertz CT molecular complexity index is 667. The Labute approximate surface area is 119 Å². The summed E-state index contributed by atoms with van der Waals surface area (Å²) in [6, 6.07) is 6.57. The summed E-state index contributed by atoms with van der Waals surface area (Å²) in [5.41, 5.74) is 7.05. The first-order chi connectivity index (χ1) is 9.47. The van der Waals surface area contributed by atoms with E-state index in [4.69, 9.17) is 5.73 Å². The predicted octanol–water partition coefficient (Wildman–Crippen LogP) is 2.68. The van der Waals surface area contributed by atoms with Gasteiger partial charge in [-0.3, -0.25) is 14.9 Å². The minimum atomic E-state index is -0.478. The SMILES string of the molecule is Cc1ccc([N+](=O)[O-])c(NCc2cc(C(N)=O)cs2)c1. The first kappa shape index (κ1) is 14.0. The number of nitro groups is 1. The molecule has 1 aromatic carbocycles. The molecule has 0 unspecified atom stereocenters. The number of thiophene rings is 1. The number of nitrogens with one attached hydrogen (secondary N) is 1. The topological polar surface area (TPSA) is 98.3 Å². The molecule has 0 atom stereocenters. The number of carbonyl (C=O) groups excluding carboxylic acids is 1. The van der Waals surface area contributed by atoms with E-state index in [-0.39, 0.29) is 5.69 Å². The third-order valence-corrected chi connectivity index (χ3v) is 3.68. The van der Waals surface area contributed by atoms with Gasteiger partial charge in [0.1, 0.15) is 5.69 Å². The van der Waals surface area contributed by atoms with Crippen molar-refractivity contribution in [2.24, 2.45) is 5.73 Å². The average Bonchev–Trinajstić information content (AvgIpc) is 2.85. The van der Waals surface area contributed by atoms with E-state index in [0.29, 0.717) is 17.8 Å². The molecule has 104 valence electrons. The van der Waals surface area contributed by atoms with Crippen molar-refractivity contribution in [3.8, 4) is 0 Å². The van der Waals surface area contributed by atoms with Gasteiger partial charge in [-0.1, -0.05) is 6.07 Å². The van der Waals surface area contributed by atoms with E-state index in [1.807, 2.05) is 6.92 Å². The second-order valence-corrected chi connectivity index (χ2v) is 5.29. The van der Waals surface area contributed by atoms with Crippen LogP contribution in [0.5, 0.6) is 0 Å². The molecule has 2 rings (SSSR count). The number of carbonyl (C=O) groups is 1. The average molecular weight is 291 g/mol. The number of nitrogens with two attached hydrogens (primary N) is 1. The zero-order valence-electron chi connectivity index (χ0n) is 10.8. The van der Waals surface area contributed by atoms with Crippen LogP contribution >= 0.6 is 11.3 Å². The maximum Gasteiger partial charge on any atom is 0.292 e. The van der Waals surface area contributed by atoms with Crippen LogP contribution in [0.25, 0.3) is 0 Å². The summed E-state index contributed by atoms with van der Waals surface area (Å²) in [7, 11) is 0. The first-order valence-corrected chi connectivity index (χ1v) is 6.71. The Morgan fingerprint density at radius 2 is 2.20 bits per heavy atom. The third kappa shape index (κ3) is 3.12. The molecule has 0 aliphatic rings. The van der Waals surface area contributed by atoms with E-state index in [2.05, 4.69) is 5.32 Å². The van der Waals surface area contributed by atoms with Crippen molar-refractivity contribution in [2.75, 3.05) is 5.32 Å². The number of amides is 1. The maximum absolute atomic E-state index is 11.0. The van der Waals surface area contributed by atoms with E-state index < -0.39 is 10.8 Å². The van der Waals surface area contributed by atoms with Gasteiger partial charge >= 0.3 is 0 Å². The molecule has 1 amide bonds. The number of anilines is 1. The fraction of sp³-hybridized carbons (Fsp3) is 0.154. The molecule has 0 spiro atoms. The van der Waals surface area contributed by atoms with Gasteiger partial charge in [0.15, 0.2) is 0 Å². The van der Waals surface area contributed by atoms with Crippen molar-refractivity contribution >= 4 is 28.6 Å². The van der Waals surface area contributed by atoms with Gasteiger partial charge in [-0.2, -0.15) is 0 Å². The number of benzene rings is 1. The van der Waals surface area contributed by atoms with Crippen molar-refractivity contribution in [1.29, 1.82) is 0 Å². The molecule has 1 heterocycles. The standard InChI is InChI=1S/C13H13N3O3S/c1-8-2-3-12(16(18)19)11(4-8)15-6-10-5-9(7-20-10)13(14)17/h2-5,7,15H,6H2,1H3,(H2,14,17). The summed E-state index contributed by atoms with van der Waals surface area (Å²) in [5.74, 6) is -0.478. The summed E-state index contributed by atoms with van der Waals surface area (Å²) in [6.07, 6.45) is 0. The Morgan fingerprint density at radius 1 is 1.45 bits per heavy atom. The Hall–Kier alpha value is -2.41. The van der Waals surface area contributed by atoms with Gasteiger partial charge in [0.2, 0.25) is 5.91 Å². The predicted molar refractivity (Wildman–Crippen MR) is 78.0 cm³/mol. The normalized spacial score (nSPS) is 10.2. The largest absolute Gasteiger partial charge is 0.375 e.